The molecule has 0 amide bonds. The van der Waals surface area contributed by atoms with E-state index in [-0.39, 0.29) is 5.56 Å². The number of anilines is 2. The molecule has 0 aliphatic rings. The monoisotopic (exact) mass is 268 g/mol. The van der Waals surface area contributed by atoms with Crippen LogP contribution in [-0.2, 0) is 0 Å². The second-order valence-corrected chi connectivity index (χ2v) is 4.26. The predicted molar refractivity (Wildman–Crippen MR) is 72.9 cm³/mol. The summed E-state index contributed by atoms with van der Waals surface area (Å²) in [5, 5.41) is 20.8. The SMILES string of the molecule is Cc1ccc(C#N)cc1Nc1ncc(C(=O)O)c(C)n1. The number of nitriles is 1. The number of aryl methyl sites for hydroxylation is 2. The summed E-state index contributed by atoms with van der Waals surface area (Å²) in [5.41, 5.74) is 2.62. The van der Waals surface area contributed by atoms with Gasteiger partial charge in [0.25, 0.3) is 0 Å². The Balaban J connectivity index is 2.33. The van der Waals surface area contributed by atoms with Crippen molar-refractivity contribution in [1.29, 1.82) is 5.26 Å². The van der Waals surface area contributed by atoms with Gasteiger partial charge in [0.15, 0.2) is 0 Å². The molecule has 100 valence electrons. The molecule has 1 heterocycles. The number of hydrogen-bond donors (Lipinski definition) is 2. The van der Waals surface area contributed by atoms with Gasteiger partial charge in [0.1, 0.15) is 0 Å². The van der Waals surface area contributed by atoms with E-state index in [2.05, 4.69) is 21.4 Å². The Morgan fingerprint density at radius 3 is 2.75 bits per heavy atom. The Kier molecular flexibility index (Phi) is 3.62. The van der Waals surface area contributed by atoms with Gasteiger partial charge in [-0.2, -0.15) is 5.26 Å². The van der Waals surface area contributed by atoms with Crippen LogP contribution in [0.5, 0.6) is 0 Å². The average molecular weight is 268 g/mol. The van der Waals surface area contributed by atoms with Crippen LogP contribution >= 0.6 is 0 Å². The van der Waals surface area contributed by atoms with E-state index in [4.69, 9.17) is 10.4 Å². The number of carboxylic acids is 1. The number of rotatable bonds is 3. The maximum Gasteiger partial charge on any atom is 0.339 e. The Labute approximate surface area is 115 Å². The molecule has 0 unspecified atom stereocenters. The predicted octanol–water partition coefficient (Wildman–Crippen LogP) is 2.41. The molecule has 6 nitrogen and oxygen atoms in total. The molecule has 2 rings (SSSR count). The van der Waals surface area contributed by atoms with Crippen LogP contribution in [0.3, 0.4) is 0 Å². The van der Waals surface area contributed by atoms with Crippen LogP contribution in [0.25, 0.3) is 0 Å². The lowest BCUT2D eigenvalue weighted by Gasteiger charge is -2.09. The zero-order valence-corrected chi connectivity index (χ0v) is 11.0. The number of aromatic carboxylic acids is 1. The molecule has 2 aromatic rings. The van der Waals surface area contributed by atoms with Crippen molar-refractivity contribution in [2.75, 3.05) is 5.32 Å². The van der Waals surface area contributed by atoms with Crippen LogP contribution in [0.1, 0.15) is 27.2 Å². The normalized spacial score (nSPS) is 9.85. The molecule has 1 aromatic heterocycles. The standard InChI is InChI=1S/C14H12N4O2/c1-8-3-4-10(6-15)5-12(8)18-14-16-7-11(13(19)20)9(2)17-14/h3-5,7H,1-2H3,(H,19,20)(H,16,17,18). The molecule has 20 heavy (non-hydrogen) atoms. The topological polar surface area (TPSA) is 98.9 Å². The van der Waals surface area contributed by atoms with Crippen LogP contribution in [0.15, 0.2) is 24.4 Å². The quantitative estimate of drug-likeness (QED) is 0.886. The number of benzene rings is 1. The molecule has 0 fully saturated rings. The summed E-state index contributed by atoms with van der Waals surface area (Å²) in [7, 11) is 0. The smallest absolute Gasteiger partial charge is 0.339 e. The average Bonchev–Trinajstić information content (AvgIpc) is 2.41. The van der Waals surface area contributed by atoms with E-state index >= 15 is 0 Å². The first-order chi connectivity index (χ1) is 9.51. The highest BCUT2D eigenvalue weighted by Gasteiger charge is 2.10. The van der Waals surface area contributed by atoms with Crippen LogP contribution < -0.4 is 5.32 Å². The van der Waals surface area contributed by atoms with Crippen molar-refractivity contribution in [2.24, 2.45) is 0 Å². The van der Waals surface area contributed by atoms with Gasteiger partial charge >= 0.3 is 5.97 Å². The molecule has 0 saturated heterocycles. The summed E-state index contributed by atoms with van der Waals surface area (Å²) in [6.07, 6.45) is 1.26. The first-order valence-electron chi connectivity index (χ1n) is 5.86. The van der Waals surface area contributed by atoms with Crippen molar-refractivity contribution < 1.29 is 9.90 Å². The zero-order valence-electron chi connectivity index (χ0n) is 11.0. The van der Waals surface area contributed by atoms with Gasteiger partial charge in [0, 0.05) is 11.9 Å². The summed E-state index contributed by atoms with van der Waals surface area (Å²) >= 11 is 0. The highest BCUT2D eigenvalue weighted by molar-refractivity contribution is 5.88. The fourth-order valence-corrected chi connectivity index (χ4v) is 1.68. The van der Waals surface area contributed by atoms with Crippen LogP contribution in [-0.4, -0.2) is 21.0 Å². The van der Waals surface area contributed by atoms with Gasteiger partial charge in [-0.3, -0.25) is 0 Å². The van der Waals surface area contributed by atoms with Gasteiger partial charge < -0.3 is 10.4 Å². The second kappa shape index (κ2) is 5.36. The Bertz CT molecular complexity index is 720. The number of nitrogens with one attached hydrogen (secondary N) is 1. The van der Waals surface area contributed by atoms with Crippen molar-refractivity contribution in [2.45, 2.75) is 13.8 Å². The molecule has 0 atom stereocenters. The minimum Gasteiger partial charge on any atom is -0.478 e. The molecular formula is C14H12N4O2. The number of carboxylic acid groups (broad SMARTS) is 1. The zero-order chi connectivity index (χ0) is 14.7. The minimum atomic E-state index is -1.06. The van der Waals surface area contributed by atoms with Gasteiger partial charge in [0.2, 0.25) is 5.95 Å². The summed E-state index contributed by atoms with van der Waals surface area (Å²) in [6.45, 7) is 3.50. The van der Waals surface area contributed by atoms with E-state index in [1.54, 1.807) is 19.1 Å². The Morgan fingerprint density at radius 2 is 2.15 bits per heavy atom. The highest BCUT2D eigenvalue weighted by atomic mass is 16.4. The molecule has 0 saturated carbocycles. The van der Waals surface area contributed by atoms with Crippen molar-refractivity contribution in [3.63, 3.8) is 0 Å². The third-order valence-corrected chi connectivity index (χ3v) is 2.82. The fraction of sp³-hybridized carbons (Fsp3) is 0.143. The summed E-state index contributed by atoms with van der Waals surface area (Å²) < 4.78 is 0. The van der Waals surface area contributed by atoms with Gasteiger partial charge in [0.05, 0.1) is 22.9 Å². The molecule has 0 bridgehead atoms. The minimum absolute atomic E-state index is 0.0676. The van der Waals surface area contributed by atoms with E-state index in [0.29, 0.717) is 22.9 Å². The van der Waals surface area contributed by atoms with Crippen molar-refractivity contribution in [1.82, 2.24) is 9.97 Å². The molecule has 1 aromatic carbocycles. The summed E-state index contributed by atoms with van der Waals surface area (Å²) in [5.74, 6) is -0.762. The van der Waals surface area contributed by atoms with Crippen molar-refractivity contribution in [3.05, 3.63) is 46.8 Å². The number of aromatic nitrogens is 2. The van der Waals surface area contributed by atoms with E-state index in [9.17, 15) is 4.79 Å². The molecule has 0 aliphatic carbocycles. The number of hydrogen-bond acceptors (Lipinski definition) is 5. The van der Waals surface area contributed by atoms with Crippen LogP contribution in [0.2, 0.25) is 0 Å². The highest BCUT2D eigenvalue weighted by Crippen LogP contribution is 2.20. The largest absolute Gasteiger partial charge is 0.478 e. The maximum atomic E-state index is 10.9. The molecule has 0 radical (unpaired) electrons. The Morgan fingerprint density at radius 1 is 1.40 bits per heavy atom. The third kappa shape index (κ3) is 2.72. The third-order valence-electron chi connectivity index (χ3n) is 2.82. The van der Waals surface area contributed by atoms with E-state index in [1.807, 2.05) is 13.0 Å². The van der Waals surface area contributed by atoms with Crippen molar-refractivity contribution >= 4 is 17.6 Å². The van der Waals surface area contributed by atoms with E-state index < -0.39 is 5.97 Å². The molecule has 0 spiro atoms. The lowest BCUT2D eigenvalue weighted by molar-refractivity contribution is 0.0695. The first-order valence-corrected chi connectivity index (χ1v) is 5.86. The van der Waals surface area contributed by atoms with Gasteiger partial charge in [-0.05, 0) is 31.5 Å². The first kappa shape index (κ1) is 13.5. The molecule has 2 N–H and O–H groups in total. The molecule has 6 heteroatoms. The lowest BCUT2D eigenvalue weighted by Crippen LogP contribution is -2.06. The van der Waals surface area contributed by atoms with Gasteiger partial charge in [-0.1, -0.05) is 6.07 Å². The van der Waals surface area contributed by atoms with Crippen molar-refractivity contribution in [3.8, 4) is 6.07 Å². The number of nitrogens with zero attached hydrogens (tertiary/aromatic N) is 3. The van der Waals surface area contributed by atoms with E-state index in [1.165, 1.54) is 6.20 Å². The van der Waals surface area contributed by atoms with Gasteiger partial charge in [-0.25, -0.2) is 14.8 Å². The maximum absolute atomic E-state index is 10.9. The second-order valence-electron chi connectivity index (χ2n) is 4.26. The fourth-order valence-electron chi connectivity index (χ4n) is 1.68. The van der Waals surface area contributed by atoms with Crippen LogP contribution in [0.4, 0.5) is 11.6 Å². The number of carbonyl (C=O) groups is 1. The van der Waals surface area contributed by atoms with Crippen LogP contribution in [0, 0.1) is 25.2 Å². The summed E-state index contributed by atoms with van der Waals surface area (Å²) in [4.78, 5) is 19.0. The molecule has 0 aliphatic heterocycles. The van der Waals surface area contributed by atoms with Gasteiger partial charge in [-0.15, -0.1) is 0 Å². The Hall–Kier alpha value is -2.94. The van der Waals surface area contributed by atoms with E-state index in [0.717, 1.165) is 5.56 Å². The molecular weight excluding hydrogens is 256 g/mol. The summed E-state index contributed by atoms with van der Waals surface area (Å²) in [6, 6.07) is 7.29. The lowest BCUT2D eigenvalue weighted by atomic mass is 10.1.